The van der Waals surface area contributed by atoms with Gasteiger partial charge in [-0.3, -0.25) is 19.7 Å². The summed E-state index contributed by atoms with van der Waals surface area (Å²) in [5.41, 5.74) is 1.91. The number of nitro benzene ring substituents is 1. The molecule has 3 aromatic rings. The van der Waals surface area contributed by atoms with Gasteiger partial charge in [0, 0.05) is 23.9 Å². The first kappa shape index (κ1) is 18.9. The number of anilines is 2. The molecule has 0 bridgehead atoms. The van der Waals surface area contributed by atoms with E-state index in [0.717, 1.165) is 0 Å². The molecular weight excluding hydrogens is 386 g/mol. The summed E-state index contributed by atoms with van der Waals surface area (Å²) in [4.78, 5) is 34.9. The molecule has 0 saturated carbocycles. The van der Waals surface area contributed by atoms with Crippen molar-refractivity contribution < 1.29 is 19.2 Å². The zero-order chi connectivity index (χ0) is 21.1. The van der Waals surface area contributed by atoms with Crippen molar-refractivity contribution in [3.05, 3.63) is 94.0 Å². The maximum Gasteiger partial charge on any atom is 0.269 e. The van der Waals surface area contributed by atoms with Crippen molar-refractivity contribution in [3.8, 4) is 11.5 Å². The molecule has 0 fully saturated rings. The quantitative estimate of drug-likeness (QED) is 0.377. The fraction of sp³-hybridized carbons (Fsp3) is 0. The molecule has 0 aliphatic carbocycles. The summed E-state index contributed by atoms with van der Waals surface area (Å²) in [6.45, 7) is 0. The Morgan fingerprint density at radius 1 is 1.03 bits per heavy atom. The van der Waals surface area contributed by atoms with E-state index in [1.165, 1.54) is 30.4 Å². The third-order valence-electron chi connectivity index (χ3n) is 4.38. The molecule has 4 rings (SSSR count). The van der Waals surface area contributed by atoms with Gasteiger partial charge in [-0.05, 0) is 54.1 Å². The third-order valence-corrected chi connectivity index (χ3v) is 4.38. The van der Waals surface area contributed by atoms with E-state index in [2.05, 4.69) is 10.6 Å². The largest absolute Gasteiger partial charge is 0.454 e. The number of hydrogen-bond acceptors (Lipinski definition) is 5. The summed E-state index contributed by atoms with van der Waals surface area (Å²) < 4.78 is 5.81. The average molecular weight is 401 g/mol. The van der Waals surface area contributed by atoms with Crippen LogP contribution in [0.15, 0.2) is 72.8 Å². The van der Waals surface area contributed by atoms with E-state index in [0.29, 0.717) is 34.0 Å². The van der Waals surface area contributed by atoms with Crippen LogP contribution in [-0.4, -0.2) is 16.7 Å². The van der Waals surface area contributed by atoms with Crippen molar-refractivity contribution in [1.29, 1.82) is 0 Å². The van der Waals surface area contributed by atoms with Gasteiger partial charge in [0.25, 0.3) is 11.6 Å². The monoisotopic (exact) mass is 401 g/mol. The number of nitrogens with one attached hydrogen (secondary N) is 2. The standard InChI is InChI=1S/C22H15N3O5/c26-21(12-7-14-5-9-16(10-6-14)25(28)29)23-15-8-11-19-17(13-15)22(27)24-18-3-1-2-4-20(18)30-19/h1-13H,(H,23,26)(H,24,27)/b12-7+. The van der Waals surface area contributed by atoms with E-state index in [1.54, 1.807) is 42.5 Å². The summed E-state index contributed by atoms with van der Waals surface area (Å²) >= 11 is 0. The van der Waals surface area contributed by atoms with Gasteiger partial charge in [0.05, 0.1) is 16.2 Å². The zero-order valence-electron chi connectivity index (χ0n) is 15.5. The van der Waals surface area contributed by atoms with Crippen LogP contribution in [0.1, 0.15) is 15.9 Å². The number of carbonyl (C=O) groups is 2. The van der Waals surface area contributed by atoms with Gasteiger partial charge in [-0.1, -0.05) is 12.1 Å². The second kappa shape index (κ2) is 7.88. The van der Waals surface area contributed by atoms with E-state index in [4.69, 9.17) is 4.74 Å². The van der Waals surface area contributed by atoms with Crippen LogP contribution in [0.3, 0.4) is 0 Å². The lowest BCUT2D eigenvalue weighted by Gasteiger charge is -2.09. The molecule has 0 unspecified atom stereocenters. The molecule has 8 heteroatoms. The Kier molecular flexibility index (Phi) is 4.96. The number of rotatable bonds is 4. The lowest BCUT2D eigenvalue weighted by atomic mass is 10.1. The van der Waals surface area contributed by atoms with Crippen LogP contribution in [0, 0.1) is 10.1 Å². The second-order valence-corrected chi connectivity index (χ2v) is 6.43. The highest BCUT2D eigenvalue weighted by atomic mass is 16.6. The van der Waals surface area contributed by atoms with Gasteiger partial charge in [0.1, 0.15) is 5.75 Å². The lowest BCUT2D eigenvalue weighted by molar-refractivity contribution is -0.384. The smallest absolute Gasteiger partial charge is 0.269 e. The third kappa shape index (κ3) is 4.02. The lowest BCUT2D eigenvalue weighted by Crippen LogP contribution is -2.12. The number of amides is 2. The predicted molar refractivity (Wildman–Crippen MR) is 112 cm³/mol. The Hall–Kier alpha value is -4.46. The fourth-order valence-electron chi connectivity index (χ4n) is 2.90. The van der Waals surface area contributed by atoms with Crippen molar-refractivity contribution in [1.82, 2.24) is 0 Å². The fourth-order valence-corrected chi connectivity index (χ4v) is 2.90. The van der Waals surface area contributed by atoms with Gasteiger partial charge in [-0.15, -0.1) is 0 Å². The Balaban J connectivity index is 1.48. The molecule has 148 valence electrons. The van der Waals surface area contributed by atoms with Crippen molar-refractivity contribution in [2.75, 3.05) is 10.6 Å². The SMILES string of the molecule is O=C(/C=C/c1ccc([N+](=O)[O-])cc1)Nc1ccc2c(c1)C(=O)Nc1ccccc1O2. The van der Waals surface area contributed by atoms with E-state index < -0.39 is 10.8 Å². The Labute approximate surface area is 170 Å². The topological polar surface area (TPSA) is 111 Å². The van der Waals surface area contributed by atoms with Crippen LogP contribution in [-0.2, 0) is 4.79 Å². The van der Waals surface area contributed by atoms with Gasteiger partial charge in [0.2, 0.25) is 5.91 Å². The van der Waals surface area contributed by atoms with Crippen molar-refractivity contribution in [3.63, 3.8) is 0 Å². The number of nitro groups is 1. The Morgan fingerprint density at radius 3 is 2.57 bits per heavy atom. The maximum atomic E-state index is 12.5. The molecule has 1 heterocycles. The molecule has 0 atom stereocenters. The number of hydrogen-bond donors (Lipinski definition) is 2. The summed E-state index contributed by atoms with van der Waals surface area (Å²) in [5.74, 6) is 0.170. The summed E-state index contributed by atoms with van der Waals surface area (Å²) in [6.07, 6.45) is 2.84. The normalized spacial score (nSPS) is 12.2. The van der Waals surface area contributed by atoms with Crippen LogP contribution in [0.2, 0.25) is 0 Å². The minimum atomic E-state index is -0.489. The average Bonchev–Trinajstić information content (AvgIpc) is 2.88. The summed E-state index contributed by atoms with van der Waals surface area (Å²) in [7, 11) is 0. The maximum absolute atomic E-state index is 12.5. The summed E-state index contributed by atoms with van der Waals surface area (Å²) in [5, 5.41) is 16.1. The van der Waals surface area contributed by atoms with Gasteiger partial charge < -0.3 is 15.4 Å². The molecule has 1 aliphatic rings. The number of fused-ring (bicyclic) bond motifs is 2. The van der Waals surface area contributed by atoms with Gasteiger partial charge >= 0.3 is 0 Å². The first-order chi connectivity index (χ1) is 14.5. The minimum Gasteiger partial charge on any atom is -0.454 e. The van der Waals surface area contributed by atoms with E-state index >= 15 is 0 Å². The molecule has 0 saturated heterocycles. The van der Waals surface area contributed by atoms with Crippen molar-refractivity contribution in [2.45, 2.75) is 0 Å². The number of nitrogens with zero attached hydrogens (tertiary/aromatic N) is 1. The van der Waals surface area contributed by atoms with Gasteiger partial charge in [0.15, 0.2) is 5.75 Å². The molecular formula is C22H15N3O5. The molecule has 3 aromatic carbocycles. The highest BCUT2D eigenvalue weighted by Crippen LogP contribution is 2.36. The summed E-state index contributed by atoms with van der Waals surface area (Å²) in [6, 6.07) is 17.7. The number of non-ortho nitro benzene ring substituents is 1. The van der Waals surface area contributed by atoms with Crippen molar-refractivity contribution >= 4 is 35.0 Å². The molecule has 2 amide bonds. The molecule has 1 aliphatic heterocycles. The molecule has 0 aromatic heterocycles. The first-order valence-electron chi connectivity index (χ1n) is 8.95. The second-order valence-electron chi connectivity index (χ2n) is 6.43. The van der Waals surface area contributed by atoms with Crippen LogP contribution in [0.25, 0.3) is 6.08 Å². The molecule has 0 spiro atoms. The Bertz CT molecular complexity index is 1190. The number of carbonyl (C=O) groups excluding carboxylic acids is 2. The van der Waals surface area contributed by atoms with Crippen LogP contribution in [0.5, 0.6) is 11.5 Å². The van der Waals surface area contributed by atoms with E-state index in [1.807, 2.05) is 6.07 Å². The minimum absolute atomic E-state index is 0.0239. The molecule has 0 radical (unpaired) electrons. The van der Waals surface area contributed by atoms with Crippen LogP contribution in [0.4, 0.5) is 17.1 Å². The highest BCUT2D eigenvalue weighted by molar-refractivity contribution is 6.09. The van der Waals surface area contributed by atoms with Crippen LogP contribution < -0.4 is 15.4 Å². The predicted octanol–water partition coefficient (Wildman–Crippen LogP) is 4.60. The molecule has 2 N–H and O–H groups in total. The highest BCUT2D eigenvalue weighted by Gasteiger charge is 2.21. The number of ether oxygens (including phenoxy) is 1. The molecule has 8 nitrogen and oxygen atoms in total. The van der Waals surface area contributed by atoms with E-state index in [-0.39, 0.29) is 11.6 Å². The Morgan fingerprint density at radius 2 is 1.80 bits per heavy atom. The van der Waals surface area contributed by atoms with Gasteiger partial charge in [-0.2, -0.15) is 0 Å². The first-order valence-corrected chi connectivity index (χ1v) is 8.95. The van der Waals surface area contributed by atoms with Crippen LogP contribution >= 0.6 is 0 Å². The van der Waals surface area contributed by atoms with E-state index in [9.17, 15) is 19.7 Å². The van der Waals surface area contributed by atoms with Gasteiger partial charge in [-0.25, -0.2) is 0 Å². The number of para-hydroxylation sites is 2. The zero-order valence-corrected chi connectivity index (χ0v) is 15.5. The van der Waals surface area contributed by atoms with Crippen molar-refractivity contribution in [2.24, 2.45) is 0 Å². The number of benzene rings is 3. The molecule has 30 heavy (non-hydrogen) atoms.